The zero-order valence-corrected chi connectivity index (χ0v) is 16.1. The maximum Gasteiger partial charge on any atom is 0.321 e. The van der Waals surface area contributed by atoms with Gasteiger partial charge in [-0.25, -0.2) is 9.78 Å². The molecule has 27 heavy (non-hydrogen) atoms. The van der Waals surface area contributed by atoms with Gasteiger partial charge < -0.3 is 5.32 Å². The van der Waals surface area contributed by atoms with Crippen molar-refractivity contribution >= 4 is 29.3 Å². The lowest BCUT2D eigenvalue weighted by Gasteiger charge is -2.11. The van der Waals surface area contributed by atoms with Gasteiger partial charge in [0.15, 0.2) is 10.8 Å². The van der Waals surface area contributed by atoms with Gasteiger partial charge in [-0.05, 0) is 26.3 Å². The molecule has 0 fully saturated rings. The number of aromatic nitrogens is 4. The first-order valence-corrected chi connectivity index (χ1v) is 9.30. The van der Waals surface area contributed by atoms with Crippen molar-refractivity contribution in [3.63, 3.8) is 0 Å². The Morgan fingerprint density at radius 3 is 2.67 bits per heavy atom. The fraction of sp³-hybridized carbons (Fsp3) is 0.278. The third kappa shape index (κ3) is 4.62. The summed E-state index contributed by atoms with van der Waals surface area (Å²) in [4.78, 5) is 28.6. The van der Waals surface area contributed by atoms with Gasteiger partial charge >= 0.3 is 6.03 Å². The molecule has 140 valence electrons. The predicted octanol–water partition coefficient (Wildman–Crippen LogP) is 2.25. The van der Waals surface area contributed by atoms with Gasteiger partial charge in [0.1, 0.15) is 5.82 Å². The molecule has 0 aliphatic heterocycles. The molecule has 0 bridgehead atoms. The van der Waals surface area contributed by atoms with E-state index in [0.717, 1.165) is 17.1 Å². The Bertz CT molecular complexity index is 973. The lowest BCUT2D eigenvalue weighted by Crippen LogP contribution is -2.42. The zero-order valence-electron chi connectivity index (χ0n) is 15.3. The fourth-order valence-corrected chi connectivity index (χ4v) is 3.43. The summed E-state index contributed by atoms with van der Waals surface area (Å²) >= 11 is 1.22. The molecule has 8 nitrogen and oxygen atoms in total. The predicted molar refractivity (Wildman–Crippen MR) is 102 cm³/mol. The Hall–Kier alpha value is -2.94. The molecule has 0 aliphatic rings. The van der Waals surface area contributed by atoms with Crippen molar-refractivity contribution in [3.05, 3.63) is 53.5 Å². The van der Waals surface area contributed by atoms with E-state index in [1.807, 2.05) is 50.2 Å². The molecular formula is C18H20N6O2S. The molecule has 1 aromatic carbocycles. The third-order valence-electron chi connectivity index (χ3n) is 3.84. The smallest absolute Gasteiger partial charge is 0.321 e. The van der Waals surface area contributed by atoms with E-state index in [1.165, 1.54) is 11.8 Å². The van der Waals surface area contributed by atoms with E-state index < -0.39 is 17.2 Å². The zero-order chi connectivity index (χ0) is 19.4. The fourth-order valence-electron chi connectivity index (χ4n) is 2.53. The van der Waals surface area contributed by atoms with Crippen LogP contribution in [0.15, 0.2) is 41.6 Å². The molecule has 0 spiro atoms. The van der Waals surface area contributed by atoms with Crippen LogP contribution < -0.4 is 10.6 Å². The van der Waals surface area contributed by atoms with Crippen molar-refractivity contribution in [3.8, 4) is 0 Å². The van der Waals surface area contributed by atoms with Crippen LogP contribution in [0.25, 0.3) is 5.65 Å². The maximum absolute atomic E-state index is 12.3. The molecule has 2 N–H and O–H groups in total. The second-order valence-electron chi connectivity index (χ2n) is 6.04. The first-order valence-electron chi connectivity index (χ1n) is 8.42. The standard InChI is InChI=1S/C18H20N6O2S/c1-11-9-15-22-23-18(24(15)13(3)20-11)27-12(2)16(25)21-17(26)19-10-14-7-5-4-6-8-14/h4-9,12H,10H2,1-3H3,(H2,19,21,25,26). The van der Waals surface area contributed by atoms with Gasteiger partial charge in [-0.15, -0.1) is 10.2 Å². The summed E-state index contributed by atoms with van der Waals surface area (Å²) in [7, 11) is 0. The maximum atomic E-state index is 12.3. The molecule has 3 rings (SSSR count). The normalized spacial score (nSPS) is 12.0. The summed E-state index contributed by atoms with van der Waals surface area (Å²) in [6.07, 6.45) is 0. The van der Waals surface area contributed by atoms with Crippen LogP contribution in [0.1, 0.15) is 24.0 Å². The van der Waals surface area contributed by atoms with Crippen LogP contribution in [0, 0.1) is 13.8 Å². The topological polar surface area (TPSA) is 101 Å². The molecule has 3 aromatic rings. The minimum atomic E-state index is -0.532. The Labute approximate surface area is 160 Å². The lowest BCUT2D eigenvalue weighted by atomic mass is 10.2. The van der Waals surface area contributed by atoms with E-state index in [2.05, 4.69) is 25.8 Å². The highest BCUT2D eigenvalue weighted by molar-refractivity contribution is 8.00. The van der Waals surface area contributed by atoms with Crippen molar-refractivity contribution in [2.45, 2.75) is 37.7 Å². The molecule has 0 aliphatic carbocycles. The van der Waals surface area contributed by atoms with E-state index >= 15 is 0 Å². The number of fused-ring (bicyclic) bond motifs is 1. The van der Waals surface area contributed by atoms with E-state index in [1.54, 1.807) is 11.3 Å². The van der Waals surface area contributed by atoms with Crippen LogP contribution in [-0.2, 0) is 11.3 Å². The Morgan fingerprint density at radius 2 is 1.93 bits per heavy atom. The van der Waals surface area contributed by atoms with Crippen molar-refractivity contribution in [1.82, 2.24) is 30.2 Å². The van der Waals surface area contributed by atoms with Crippen molar-refractivity contribution in [1.29, 1.82) is 0 Å². The van der Waals surface area contributed by atoms with Crippen LogP contribution in [0.3, 0.4) is 0 Å². The number of thioether (sulfide) groups is 1. The highest BCUT2D eigenvalue weighted by atomic mass is 32.2. The summed E-state index contributed by atoms with van der Waals surface area (Å²) in [5, 5.41) is 13.3. The molecule has 1 unspecified atom stereocenters. The van der Waals surface area contributed by atoms with Gasteiger partial charge in [0.2, 0.25) is 5.91 Å². The highest BCUT2D eigenvalue weighted by Crippen LogP contribution is 2.23. The summed E-state index contributed by atoms with van der Waals surface area (Å²) in [6, 6.07) is 10.8. The quantitative estimate of drug-likeness (QED) is 0.654. The van der Waals surface area contributed by atoms with Crippen molar-refractivity contribution in [2.24, 2.45) is 0 Å². The van der Waals surface area contributed by atoms with Crippen molar-refractivity contribution < 1.29 is 9.59 Å². The summed E-state index contributed by atoms with van der Waals surface area (Å²) in [6.45, 7) is 5.80. The van der Waals surface area contributed by atoms with Crippen molar-refractivity contribution in [2.75, 3.05) is 0 Å². The van der Waals surface area contributed by atoms with E-state index in [4.69, 9.17) is 0 Å². The van der Waals surface area contributed by atoms with E-state index in [0.29, 0.717) is 17.3 Å². The first-order chi connectivity index (χ1) is 12.9. The number of benzene rings is 1. The number of carbonyl (C=O) groups excluding carboxylic acids is 2. The Morgan fingerprint density at radius 1 is 1.19 bits per heavy atom. The molecule has 0 radical (unpaired) electrons. The number of amides is 3. The molecule has 3 amide bonds. The third-order valence-corrected chi connectivity index (χ3v) is 4.88. The first kappa shape index (κ1) is 18.8. The monoisotopic (exact) mass is 384 g/mol. The number of aryl methyl sites for hydroxylation is 2. The van der Waals surface area contributed by atoms with Crippen LogP contribution in [0.5, 0.6) is 0 Å². The number of hydrogen-bond donors (Lipinski definition) is 2. The van der Waals surface area contributed by atoms with Gasteiger partial charge in [0.25, 0.3) is 0 Å². The van der Waals surface area contributed by atoms with Gasteiger partial charge in [0.05, 0.1) is 5.25 Å². The summed E-state index contributed by atoms with van der Waals surface area (Å²) in [5.41, 5.74) is 2.48. The molecule has 0 saturated heterocycles. The summed E-state index contributed by atoms with van der Waals surface area (Å²) < 4.78 is 1.79. The molecule has 1 atom stereocenters. The average Bonchev–Trinajstić information content (AvgIpc) is 3.03. The lowest BCUT2D eigenvalue weighted by molar-refractivity contribution is -0.119. The number of hydrogen-bond acceptors (Lipinski definition) is 6. The second-order valence-corrected chi connectivity index (χ2v) is 7.35. The second kappa shape index (κ2) is 8.17. The number of rotatable bonds is 5. The average molecular weight is 384 g/mol. The van der Waals surface area contributed by atoms with Gasteiger partial charge in [-0.3, -0.25) is 14.5 Å². The van der Waals surface area contributed by atoms with Gasteiger partial charge in [-0.1, -0.05) is 42.1 Å². The molecular weight excluding hydrogens is 364 g/mol. The van der Waals surface area contributed by atoms with Gasteiger partial charge in [0, 0.05) is 18.3 Å². The summed E-state index contributed by atoms with van der Waals surface area (Å²) in [5.74, 6) is 0.339. The minimum absolute atomic E-state index is 0.348. The van der Waals surface area contributed by atoms with E-state index in [9.17, 15) is 9.59 Å². The van der Waals surface area contributed by atoms with Crippen LogP contribution in [0.2, 0.25) is 0 Å². The molecule has 2 heterocycles. The van der Waals surface area contributed by atoms with E-state index in [-0.39, 0.29) is 0 Å². The SMILES string of the molecule is Cc1cc2nnc(SC(C)C(=O)NC(=O)NCc3ccccc3)n2c(C)n1. The number of nitrogens with zero attached hydrogens (tertiary/aromatic N) is 4. The number of urea groups is 1. The number of imide groups is 1. The molecule has 0 saturated carbocycles. The highest BCUT2D eigenvalue weighted by Gasteiger charge is 2.20. The minimum Gasteiger partial charge on any atom is -0.334 e. The molecule has 2 aromatic heterocycles. The number of nitrogens with one attached hydrogen (secondary N) is 2. The molecule has 9 heteroatoms. The van der Waals surface area contributed by atoms with Crippen LogP contribution >= 0.6 is 11.8 Å². The van der Waals surface area contributed by atoms with Crippen LogP contribution in [-0.4, -0.2) is 36.8 Å². The Balaban J connectivity index is 1.58. The number of carbonyl (C=O) groups is 2. The Kier molecular flexibility index (Phi) is 5.70. The van der Waals surface area contributed by atoms with Gasteiger partial charge in [-0.2, -0.15) is 0 Å². The van der Waals surface area contributed by atoms with Crippen LogP contribution in [0.4, 0.5) is 4.79 Å². The largest absolute Gasteiger partial charge is 0.334 e.